The molecule has 248 valence electrons. The van der Waals surface area contributed by atoms with E-state index in [2.05, 4.69) is 14.9 Å². The van der Waals surface area contributed by atoms with Crippen LogP contribution in [0.15, 0.2) is 30.5 Å². The number of benzene rings is 2. The van der Waals surface area contributed by atoms with Gasteiger partial charge in [-0.15, -0.1) is 0 Å². The smallest absolute Gasteiger partial charge is 0.319 e. The number of fused-ring (bicyclic) bond motifs is 3. The molecule has 4 aromatic rings. The first-order valence-corrected chi connectivity index (χ1v) is 16.4. The van der Waals surface area contributed by atoms with Crippen molar-refractivity contribution in [2.45, 2.75) is 63.6 Å². The third-order valence-corrected chi connectivity index (χ3v) is 10.1. The third-order valence-electron chi connectivity index (χ3n) is 10.1. The molecule has 1 unspecified atom stereocenters. The average Bonchev–Trinajstić information content (AvgIpc) is 3.47. The Morgan fingerprint density at radius 3 is 2.79 bits per heavy atom. The first-order chi connectivity index (χ1) is 22.7. The summed E-state index contributed by atoms with van der Waals surface area (Å²) >= 11 is 0. The molecule has 3 saturated heterocycles. The lowest BCUT2D eigenvalue weighted by molar-refractivity contribution is -0.145. The van der Waals surface area contributed by atoms with Gasteiger partial charge in [0, 0.05) is 37.8 Å². The summed E-state index contributed by atoms with van der Waals surface area (Å²) in [7, 11) is 1.36. The predicted octanol–water partition coefficient (Wildman–Crippen LogP) is 6.13. The molecule has 3 fully saturated rings. The van der Waals surface area contributed by atoms with E-state index in [1.807, 2.05) is 11.8 Å². The molecule has 47 heavy (non-hydrogen) atoms. The summed E-state index contributed by atoms with van der Waals surface area (Å²) in [6.45, 7) is 3.97. The number of nitrogens with zero attached hydrogens (tertiary/aromatic N) is 5. The molecule has 0 amide bonds. The Morgan fingerprint density at radius 2 is 1.98 bits per heavy atom. The highest BCUT2D eigenvalue weighted by Crippen LogP contribution is 2.42. The Balaban J connectivity index is 1.38. The summed E-state index contributed by atoms with van der Waals surface area (Å²) in [5, 5.41) is 11.9. The van der Waals surface area contributed by atoms with E-state index < -0.39 is 29.3 Å². The highest BCUT2D eigenvalue weighted by Gasteiger charge is 2.49. The summed E-state index contributed by atoms with van der Waals surface area (Å²) in [5.41, 5.74) is -0.0174. The van der Waals surface area contributed by atoms with Gasteiger partial charge in [-0.05, 0) is 73.2 Å². The van der Waals surface area contributed by atoms with Gasteiger partial charge >= 0.3 is 12.0 Å². The lowest BCUT2D eigenvalue weighted by Gasteiger charge is -2.31. The molecular weight excluding hydrogens is 611 g/mol. The Kier molecular flexibility index (Phi) is 8.32. The fourth-order valence-electron chi connectivity index (χ4n) is 7.89. The first kappa shape index (κ1) is 31.4. The quantitative estimate of drug-likeness (QED) is 0.237. The normalized spacial score (nSPS) is 23.3. The molecule has 9 nitrogen and oxygen atoms in total. The van der Waals surface area contributed by atoms with Crippen LogP contribution in [-0.2, 0) is 16.0 Å². The van der Waals surface area contributed by atoms with E-state index in [0.29, 0.717) is 66.4 Å². The molecule has 0 bridgehead atoms. The van der Waals surface area contributed by atoms with Gasteiger partial charge in [0.2, 0.25) is 0 Å². The molecule has 0 radical (unpaired) electrons. The number of halogens is 3. The van der Waals surface area contributed by atoms with E-state index in [0.717, 1.165) is 32.2 Å². The molecule has 12 heteroatoms. The minimum absolute atomic E-state index is 0.0598. The standard InChI is InChI=1S/C35H38F3N5O4/c1-3-24-27(37)9-8-20-13-23(44)14-25(28(20)24)30-29(38)31-26(16-39-30)32(42-11-5-4-7-21(17-42)33(45)46-2)41-34(40-31)47-19-35-10-6-12-43(35)18-22(36)15-35/h8-9,13-14,16,21-22,44H,3-7,10-12,15,17-19H2,1-2H3/t21?,22-,35+/m1/s1. The van der Waals surface area contributed by atoms with Crippen LogP contribution >= 0.6 is 0 Å². The fourth-order valence-corrected chi connectivity index (χ4v) is 7.89. The first-order valence-electron chi connectivity index (χ1n) is 16.4. The van der Waals surface area contributed by atoms with Gasteiger partial charge in [-0.3, -0.25) is 14.7 Å². The molecule has 3 aliphatic heterocycles. The lowest BCUT2D eigenvalue weighted by atomic mass is 9.94. The van der Waals surface area contributed by atoms with E-state index in [1.54, 1.807) is 6.07 Å². The number of anilines is 1. The van der Waals surface area contributed by atoms with Crippen LogP contribution in [0.5, 0.6) is 11.8 Å². The molecule has 7 rings (SSSR count). The topological polar surface area (TPSA) is 101 Å². The zero-order chi connectivity index (χ0) is 32.9. The molecule has 5 heterocycles. The van der Waals surface area contributed by atoms with Gasteiger partial charge in [0.1, 0.15) is 41.4 Å². The van der Waals surface area contributed by atoms with Crippen LogP contribution in [0, 0.1) is 17.6 Å². The molecule has 0 saturated carbocycles. The minimum atomic E-state index is -0.944. The molecule has 1 N–H and O–H groups in total. The largest absolute Gasteiger partial charge is 0.508 e. The zero-order valence-electron chi connectivity index (χ0n) is 26.6. The van der Waals surface area contributed by atoms with Crippen LogP contribution in [0.3, 0.4) is 0 Å². The van der Waals surface area contributed by atoms with Crippen LogP contribution in [0.4, 0.5) is 19.0 Å². The van der Waals surface area contributed by atoms with Gasteiger partial charge in [-0.2, -0.15) is 9.97 Å². The highest BCUT2D eigenvalue weighted by molar-refractivity contribution is 6.01. The van der Waals surface area contributed by atoms with E-state index in [-0.39, 0.29) is 41.1 Å². The van der Waals surface area contributed by atoms with Crippen molar-refractivity contribution < 1.29 is 32.5 Å². The molecule has 0 aliphatic carbocycles. The highest BCUT2D eigenvalue weighted by atomic mass is 19.1. The number of pyridine rings is 1. The summed E-state index contributed by atoms with van der Waals surface area (Å²) in [4.78, 5) is 30.5. The lowest BCUT2D eigenvalue weighted by Crippen LogP contribution is -2.43. The van der Waals surface area contributed by atoms with E-state index in [1.165, 1.54) is 31.5 Å². The number of rotatable bonds is 7. The van der Waals surface area contributed by atoms with Crippen LogP contribution in [0.1, 0.15) is 51.0 Å². The number of alkyl halides is 1. The van der Waals surface area contributed by atoms with Crippen molar-refractivity contribution in [2.75, 3.05) is 44.8 Å². The van der Waals surface area contributed by atoms with E-state index in [9.17, 15) is 18.7 Å². The molecular formula is C35H38F3N5O4. The van der Waals surface area contributed by atoms with Gasteiger partial charge in [0.05, 0.1) is 24.0 Å². The van der Waals surface area contributed by atoms with E-state index in [4.69, 9.17) is 14.5 Å². The van der Waals surface area contributed by atoms with Crippen molar-refractivity contribution in [1.82, 2.24) is 19.9 Å². The summed E-state index contributed by atoms with van der Waals surface area (Å²) in [6.07, 6.45) is 5.18. The van der Waals surface area contributed by atoms with Gasteiger partial charge < -0.3 is 19.5 Å². The molecule has 2 aromatic heterocycles. The maximum Gasteiger partial charge on any atom is 0.319 e. The molecule has 3 aliphatic rings. The van der Waals surface area contributed by atoms with Crippen molar-refractivity contribution in [2.24, 2.45) is 5.92 Å². The second kappa shape index (κ2) is 12.4. The fraction of sp³-hybridized carbons (Fsp3) is 0.486. The van der Waals surface area contributed by atoms with Crippen molar-refractivity contribution >= 4 is 33.5 Å². The number of methoxy groups -OCH3 is 1. The Bertz CT molecular complexity index is 1860. The number of phenols is 1. The average molecular weight is 650 g/mol. The third kappa shape index (κ3) is 5.60. The molecule has 3 atom stereocenters. The van der Waals surface area contributed by atoms with Crippen LogP contribution in [0.2, 0.25) is 0 Å². The number of aryl methyl sites for hydroxylation is 1. The number of esters is 1. The number of aromatic nitrogens is 3. The summed E-state index contributed by atoms with van der Waals surface area (Å²) in [6, 6.07) is 5.71. The second-order valence-corrected chi connectivity index (χ2v) is 13.0. The van der Waals surface area contributed by atoms with Gasteiger partial charge in [-0.1, -0.05) is 19.4 Å². The maximum atomic E-state index is 16.9. The minimum Gasteiger partial charge on any atom is -0.508 e. The number of aromatic hydroxyl groups is 1. The zero-order valence-corrected chi connectivity index (χ0v) is 26.6. The van der Waals surface area contributed by atoms with E-state index >= 15 is 4.39 Å². The Hall–Kier alpha value is -4.19. The van der Waals surface area contributed by atoms with Crippen molar-refractivity contribution in [3.8, 4) is 23.0 Å². The number of ether oxygens (including phenoxy) is 2. The summed E-state index contributed by atoms with van der Waals surface area (Å²) in [5.74, 6) is -1.68. The maximum absolute atomic E-state index is 16.9. The van der Waals surface area contributed by atoms with Crippen molar-refractivity contribution in [3.63, 3.8) is 0 Å². The molecule has 2 aromatic carbocycles. The van der Waals surface area contributed by atoms with Gasteiger partial charge in [-0.25, -0.2) is 13.2 Å². The van der Waals surface area contributed by atoms with Crippen LogP contribution < -0.4 is 9.64 Å². The van der Waals surface area contributed by atoms with Crippen LogP contribution in [-0.4, -0.2) is 82.5 Å². The number of phenolic OH excluding ortho intramolecular Hbond substituents is 1. The van der Waals surface area contributed by atoms with Gasteiger partial charge in [0.15, 0.2) is 5.82 Å². The number of carbonyl (C=O) groups is 1. The Labute approximate surface area is 270 Å². The number of carbonyl (C=O) groups excluding carboxylic acids is 1. The Morgan fingerprint density at radius 1 is 1.13 bits per heavy atom. The van der Waals surface area contributed by atoms with Crippen molar-refractivity contribution in [1.29, 1.82) is 0 Å². The number of hydrogen-bond acceptors (Lipinski definition) is 9. The monoisotopic (exact) mass is 649 g/mol. The SMILES string of the molecule is CCc1c(F)ccc2cc(O)cc(-c3ncc4c(N5CCCCC(C(=O)OC)C5)nc(OC[C@@]56CCCN5C[C@H](F)C6)nc4c3F)c12. The predicted molar refractivity (Wildman–Crippen MR) is 171 cm³/mol. The second-order valence-electron chi connectivity index (χ2n) is 13.0. The van der Waals surface area contributed by atoms with Gasteiger partial charge in [0.25, 0.3) is 0 Å². The van der Waals surface area contributed by atoms with Crippen LogP contribution in [0.25, 0.3) is 32.9 Å². The summed E-state index contributed by atoms with van der Waals surface area (Å²) < 4.78 is 57.7. The number of hydrogen-bond donors (Lipinski definition) is 1. The molecule has 0 spiro atoms. The van der Waals surface area contributed by atoms with Crippen molar-refractivity contribution in [3.05, 3.63) is 47.7 Å².